The third kappa shape index (κ3) is 3.43. The summed E-state index contributed by atoms with van der Waals surface area (Å²) in [7, 11) is 0. The molecule has 92 valence electrons. The lowest BCUT2D eigenvalue weighted by Crippen LogP contribution is -2.36. The predicted molar refractivity (Wildman–Crippen MR) is 68.5 cm³/mol. The molecule has 5 heteroatoms. The zero-order valence-corrected chi connectivity index (χ0v) is 10.9. The van der Waals surface area contributed by atoms with Crippen LogP contribution < -0.4 is 10.6 Å². The van der Waals surface area contributed by atoms with Crippen LogP contribution in [0.25, 0.3) is 0 Å². The number of benzene rings is 1. The molecule has 0 saturated heterocycles. The van der Waals surface area contributed by atoms with Crippen molar-refractivity contribution in [3.05, 3.63) is 28.5 Å². The van der Waals surface area contributed by atoms with Crippen LogP contribution in [0.5, 0.6) is 0 Å². The minimum absolute atomic E-state index is 0.226. The number of amides is 2. The van der Waals surface area contributed by atoms with Crippen molar-refractivity contribution in [1.82, 2.24) is 5.32 Å². The van der Waals surface area contributed by atoms with Crippen LogP contribution in [0.1, 0.15) is 25.7 Å². The monoisotopic (exact) mass is 300 g/mol. The number of rotatable bonds is 2. The van der Waals surface area contributed by atoms with Crippen LogP contribution in [0, 0.1) is 5.82 Å². The van der Waals surface area contributed by atoms with Gasteiger partial charge in [-0.3, -0.25) is 0 Å². The molecule has 2 N–H and O–H groups in total. The van der Waals surface area contributed by atoms with Crippen LogP contribution >= 0.6 is 15.9 Å². The molecule has 1 aromatic rings. The van der Waals surface area contributed by atoms with Crippen LogP contribution in [0.3, 0.4) is 0 Å². The number of halogens is 2. The highest BCUT2D eigenvalue weighted by Crippen LogP contribution is 2.20. The van der Waals surface area contributed by atoms with Crippen molar-refractivity contribution in [3.8, 4) is 0 Å². The zero-order chi connectivity index (χ0) is 12.3. The largest absolute Gasteiger partial charge is 0.335 e. The van der Waals surface area contributed by atoms with Gasteiger partial charge in [-0.15, -0.1) is 0 Å². The van der Waals surface area contributed by atoms with E-state index in [4.69, 9.17) is 0 Å². The van der Waals surface area contributed by atoms with Gasteiger partial charge in [-0.25, -0.2) is 9.18 Å². The second-order valence-corrected chi connectivity index (χ2v) is 5.06. The first-order valence-electron chi connectivity index (χ1n) is 5.68. The molecule has 1 aromatic carbocycles. The van der Waals surface area contributed by atoms with Gasteiger partial charge in [0.1, 0.15) is 5.82 Å². The number of carbonyl (C=O) groups excluding carboxylic acids is 1. The molecular weight excluding hydrogens is 287 g/mol. The summed E-state index contributed by atoms with van der Waals surface area (Å²) >= 11 is 3.08. The first kappa shape index (κ1) is 12.4. The van der Waals surface area contributed by atoms with E-state index in [1.54, 1.807) is 6.07 Å². The van der Waals surface area contributed by atoms with Crippen LogP contribution in [0.2, 0.25) is 0 Å². The molecular formula is C12H14BrFN2O. The minimum atomic E-state index is -0.341. The van der Waals surface area contributed by atoms with E-state index >= 15 is 0 Å². The van der Waals surface area contributed by atoms with E-state index in [0.717, 1.165) is 12.8 Å². The summed E-state index contributed by atoms with van der Waals surface area (Å²) in [6.07, 6.45) is 4.43. The summed E-state index contributed by atoms with van der Waals surface area (Å²) in [5.41, 5.74) is 0.578. The van der Waals surface area contributed by atoms with Gasteiger partial charge in [-0.1, -0.05) is 12.8 Å². The predicted octanol–water partition coefficient (Wildman–Crippen LogP) is 3.65. The lowest BCUT2D eigenvalue weighted by molar-refractivity contribution is 0.248. The van der Waals surface area contributed by atoms with Gasteiger partial charge in [-0.05, 0) is 47.0 Å². The Labute approximate surface area is 108 Å². The van der Waals surface area contributed by atoms with Gasteiger partial charge in [0.05, 0.1) is 4.47 Å². The summed E-state index contributed by atoms with van der Waals surface area (Å²) in [6, 6.07) is 4.45. The molecule has 0 bridgehead atoms. The van der Waals surface area contributed by atoms with Crippen LogP contribution in [0.15, 0.2) is 22.7 Å². The molecule has 0 aliphatic heterocycles. The van der Waals surface area contributed by atoms with E-state index in [0.29, 0.717) is 10.2 Å². The molecule has 3 nitrogen and oxygen atoms in total. The number of nitrogens with one attached hydrogen (secondary N) is 2. The fraction of sp³-hybridized carbons (Fsp3) is 0.417. The number of urea groups is 1. The first-order valence-corrected chi connectivity index (χ1v) is 6.47. The van der Waals surface area contributed by atoms with E-state index in [1.807, 2.05) is 0 Å². The molecule has 1 saturated carbocycles. The Morgan fingerprint density at radius 2 is 2.06 bits per heavy atom. The molecule has 2 amide bonds. The maximum absolute atomic E-state index is 13.0. The molecule has 1 aliphatic carbocycles. The molecule has 17 heavy (non-hydrogen) atoms. The molecule has 2 rings (SSSR count). The first-order chi connectivity index (χ1) is 8.15. The van der Waals surface area contributed by atoms with Gasteiger partial charge in [0.15, 0.2) is 0 Å². The zero-order valence-electron chi connectivity index (χ0n) is 9.30. The number of hydrogen-bond donors (Lipinski definition) is 2. The summed E-state index contributed by atoms with van der Waals surface area (Å²) in [4.78, 5) is 11.6. The quantitative estimate of drug-likeness (QED) is 0.860. The number of carbonyl (C=O) groups is 1. The van der Waals surface area contributed by atoms with Gasteiger partial charge in [0, 0.05) is 11.7 Å². The molecule has 0 aromatic heterocycles. The standard InChI is InChI=1S/C12H14BrFN2O/c13-10-7-9(5-6-11(10)14)16-12(17)15-8-3-1-2-4-8/h5-8H,1-4H2,(H2,15,16,17). The average Bonchev–Trinajstić information content (AvgIpc) is 2.76. The topological polar surface area (TPSA) is 41.1 Å². The normalized spacial score (nSPS) is 15.9. The van der Waals surface area contributed by atoms with Crippen molar-refractivity contribution in [2.24, 2.45) is 0 Å². The van der Waals surface area contributed by atoms with Crippen LogP contribution in [-0.4, -0.2) is 12.1 Å². The van der Waals surface area contributed by atoms with Crippen molar-refractivity contribution in [2.45, 2.75) is 31.7 Å². The average molecular weight is 301 g/mol. The second-order valence-electron chi connectivity index (χ2n) is 4.21. The van der Waals surface area contributed by atoms with E-state index < -0.39 is 0 Å². The Morgan fingerprint density at radius 1 is 1.35 bits per heavy atom. The highest BCUT2D eigenvalue weighted by atomic mass is 79.9. The molecule has 0 radical (unpaired) electrons. The third-order valence-corrected chi connectivity index (χ3v) is 3.48. The van der Waals surface area contributed by atoms with Gasteiger partial charge >= 0.3 is 6.03 Å². The smallest absolute Gasteiger partial charge is 0.319 e. The van der Waals surface area contributed by atoms with Gasteiger partial charge in [-0.2, -0.15) is 0 Å². The van der Waals surface area contributed by atoms with E-state index in [2.05, 4.69) is 26.6 Å². The summed E-state index contributed by atoms with van der Waals surface area (Å²) in [5.74, 6) is -0.341. The number of anilines is 1. The minimum Gasteiger partial charge on any atom is -0.335 e. The van der Waals surface area contributed by atoms with E-state index in [1.165, 1.54) is 25.0 Å². The maximum Gasteiger partial charge on any atom is 0.319 e. The fourth-order valence-corrected chi connectivity index (χ4v) is 2.38. The van der Waals surface area contributed by atoms with E-state index in [-0.39, 0.29) is 17.9 Å². The Hall–Kier alpha value is -1.10. The van der Waals surface area contributed by atoms with Crippen LogP contribution in [-0.2, 0) is 0 Å². The molecule has 1 aliphatic rings. The van der Waals surface area contributed by atoms with Crippen molar-refractivity contribution in [3.63, 3.8) is 0 Å². The Bertz CT molecular complexity index is 419. The molecule has 1 fully saturated rings. The Morgan fingerprint density at radius 3 is 2.71 bits per heavy atom. The van der Waals surface area contributed by atoms with Crippen molar-refractivity contribution in [2.75, 3.05) is 5.32 Å². The highest BCUT2D eigenvalue weighted by molar-refractivity contribution is 9.10. The SMILES string of the molecule is O=C(Nc1ccc(F)c(Br)c1)NC1CCCC1. The lowest BCUT2D eigenvalue weighted by atomic mass is 10.2. The molecule has 0 heterocycles. The molecule has 0 spiro atoms. The lowest BCUT2D eigenvalue weighted by Gasteiger charge is -2.13. The van der Waals surface area contributed by atoms with Crippen molar-refractivity contribution < 1.29 is 9.18 Å². The fourth-order valence-electron chi connectivity index (χ4n) is 2.00. The number of hydrogen-bond acceptors (Lipinski definition) is 1. The highest BCUT2D eigenvalue weighted by Gasteiger charge is 2.17. The third-order valence-electron chi connectivity index (χ3n) is 2.87. The van der Waals surface area contributed by atoms with Gasteiger partial charge in [0.25, 0.3) is 0 Å². The molecule has 0 unspecified atom stereocenters. The molecule has 0 atom stereocenters. The summed E-state index contributed by atoms with van der Waals surface area (Å²) < 4.78 is 13.3. The van der Waals surface area contributed by atoms with Crippen molar-refractivity contribution in [1.29, 1.82) is 0 Å². The Balaban J connectivity index is 1.90. The van der Waals surface area contributed by atoms with Gasteiger partial charge < -0.3 is 10.6 Å². The van der Waals surface area contributed by atoms with Gasteiger partial charge in [0.2, 0.25) is 0 Å². The summed E-state index contributed by atoms with van der Waals surface area (Å²) in [6.45, 7) is 0. The van der Waals surface area contributed by atoms with E-state index in [9.17, 15) is 9.18 Å². The van der Waals surface area contributed by atoms with Crippen LogP contribution in [0.4, 0.5) is 14.9 Å². The van der Waals surface area contributed by atoms with Crippen molar-refractivity contribution >= 4 is 27.6 Å². The second kappa shape index (κ2) is 5.49. The summed E-state index contributed by atoms with van der Waals surface area (Å²) in [5, 5.41) is 5.59. The Kier molecular flexibility index (Phi) is 3.99. The maximum atomic E-state index is 13.0.